The lowest BCUT2D eigenvalue weighted by molar-refractivity contribution is 0.679. The van der Waals surface area contributed by atoms with Gasteiger partial charge in [0.1, 0.15) is 0 Å². The zero-order valence-electron chi connectivity index (χ0n) is 10.2. The summed E-state index contributed by atoms with van der Waals surface area (Å²) in [4.78, 5) is 8.36. The molecule has 0 aliphatic heterocycles. The molecule has 0 saturated carbocycles. The second-order valence-corrected chi connectivity index (χ2v) is 3.94. The summed E-state index contributed by atoms with van der Waals surface area (Å²) in [6.45, 7) is 2.15. The van der Waals surface area contributed by atoms with Gasteiger partial charge in [-0.15, -0.1) is 0 Å². The highest BCUT2D eigenvalue weighted by molar-refractivity contribution is 5.34. The molecule has 0 spiro atoms. The van der Waals surface area contributed by atoms with Crippen molar-refractivity contribution in [1.82, 2.24) is 15.3 Å². The summed E-state index contributed by atoms with van der Waals surface area (Å²) in [6, 6.07) is 6.31. The zero-order valence-corrected chi connectivity index (χ0v) is 10.2. The van der Waals surface area contributed by atoms with Gasteiger partial charge in [-0.3, -0.25) is 9.97 Å². The van der Waals surface area contributed by atoms with Crippen LogP contribution in [-0.4, -0.2) is 17.0 Å². The van der Waals surface area contributed by atoms with E-state index in [4.69, 9.17) is 0 Å². The second kappa shape index (κ2) is 5.55. The van der Waals surface area contributed by atoms with Gasteiger partial charge in [0, 0.05) is 24.8 Å². The van der Waals surface area contributed by atoms with Gasteiger partial charge in [0.15, 0.2) is 0 Å². The van der Waals surface area contributed by atoms with Gasteiger partial charge >= 0.3 is 0 Å². The monoisotopic (exact) mass is 227 g/mol. The number of aromatic nitrogens is 2. The van der Waals surface area contributed by atoms with E-state index in [9.17, 15) is 0 Å². The Morgan fingerprint density at radius 2 is 2.00 bits per heavy atom. The lowest BCUT2D eigenvalue weighted by atomic mass is 9.96. The van der Waals surface area contributed by atoms with Crippen molar-refractivity contribution in [3.05, 3.63) is 59.7 Å². The van der Waals surface area contributed by atoms with Gasteiger partial charge in [-0.05, 0) is 42.3 Å². The van der Waals surface area contributed by atoms with Crippen molar-refractivity contribution >= 4 is 0 Å². The average Bonchev–Trinajstić information content (AvgIpc) is 2.41. The minimum atomic E-state index is 0.182. The Morgan fingerprint density at radius 3 is 2.65 bits per heavy atom. The summed E-state index contributed by atoms with van der Waals surface area (Å²) in [5, 5.41) is 3.34. The van der Waals surface area contributed by atoms with Crippen LogP contribution in [0.5, 0.6) is 0 Å². The van der Waals surface area contributed by atoms with Crippen molar-refractivity contribution in [2.45, 2.75) is 19.4 Å². The SMILES string of the molecule is CCc1cnccc1C(NC)c1cccnc1. The van der Waals surface area contributed by atoms with Crippen LogP contribution in [0, 0.1) is 0 Å². The molecule has 2 heterocycles. The third-order valence-corrected chi connectivity index (χ3v) is 2.94. The van der Waals surface area contributed by atoms with E-state index in [0.717, 1.165) is 6.42 Å². The summed E-state index contributed by atoms with van der Waals surface area (Å²) in [5.41, 5.74) is 3.73. The molecule has 0 amide bonds. The summed E-state index contributed by atoms with van der Waals surface area (Å²) in [7, 11) is 1.97. The predicted molar refractivity (Wildman–Crippen MR) is 68.8 cm³/mol. The largest absolute Gasteiger partial charge is 0.309 e. The van der Waals surface area contributed by atoms with E-state index >= 15 is 0 Å². The molecule has 0 saturated heterocycles. The quantitative estimate of drug-likeness (QED) is 0.871. The Bertz CT molecular complexity index is 468. The topological polar surface area (TPSA) is 37.8 Å². The molecule has 88 valence electrons. The first-order valence-corrected chi connectivity index (χ1v) is 5.86. The Balaban J connectivity index is 2.42. The first-order valence-electron chi connectivity index (χ1n) is 5.86. The summed E-state index contributed by atoms with van der Waals surface area (Å²) >= 11 is 0. The molecule has 0 fully saturated rings. The number of rotatable bonds is 4. The van der Waals surface area contributed by atoms with Gasteiger partial charge in [-0.2, -0.15) is 0 Å². The summed E-state index contributed by atoms with van der Waals surface area (Å²) < 4.78 is 0. The molecule has 3 nitrogen and oxygen atoms in total. The highest BCUT2D eigenvalue weighted by Crippen LogP contribution is 2.23. The molecular weight excluding hydrogens is 210 g/mol. The maximum atomic E-state index is 4.18. The van der Waals surface area contributed by atoms with Crippen LogP contribution in [0.3, 0.4) is 0 Å². The van der Waals surface area contributed by atoms with Crippen molar-refractivity contribution in [1.29, 1.82) is 0 Å². The van der Waals surface area contributed by atoms with Crippen LogP contribution >= 0.6 is 0 Å². The fraction of sp³-hybridized carbons (Fsp3) is 0.286. The number of aryl methyl sites for hydroxylation is 1. The summed E-state index contributed by atoms with van der Waals surface area (Å²) in [5.74, 6) is 0. The molecule has 0 radical (unpaired) electrons. The maximum Gasteiger partial charge on any atom is 0.0593 e. The molecule has 17 heavy (non-hydrogen) atoms. The minimum Gasteiger partial charge on any atom is -0.309 e. The van der Waals surface area contributed by atoms with E-state index in [1.165, 1.54) is 16.7 Å². The molecular formula is C14H17N3. The maximum absolute atomic E-state index is 4.18. The van der Waals surface area contributed by atoms with Crippen LogP contribution in [0.25, 0.3) is 0 Å². The standard InChI is InChI=1S/C14H17N3/c1-3-11-9-17-8-6-13(11)14(15-2)12-5-4-7-16-10-12/h4-10,14-15H,3H2,1-2H3. The Kier molecular flexibility index (Phi) is 3.83. The van der Waals surface area contributed by atoms with Crippen molar-refractivity contribution in [2.75, 3.05) is 7.05 Å². The van der Waals surface area contributed by atoms with Crippen molar-refractivity contribution < 1.29 is 0 Å². The van der Waals surface area contributed by atoms with Gasteiger partial charge in [-0.1, -0.05) is 13.0 Å². The van der Waals surface area contributed by atoms with Crippen LogP contribution in [-0.2, 0) is 6.42 Å². The number of nitrogens with zero attached hydrogens (tertiary/aromatic N) is 2. The molecule has 0 aromatic carbocycles. The smallest absolute Gasteiger partial charge is 0.0593 e. The molecule has 0 bridgehead atoms. The highest BCUT2D eigenvalue weighted by atomic mass is 14.9. The van der Waals surface area contributed by atoms with E-state index in [2.05, 4.69) is 34.3 Å². The Labute approximate surface area is 102 Å². The lowest BCUT2D eigenvalue weighted by Crippen LogP contribution is -2.19. The zero-order chi connectivity index (χ0) is 12.1. The minimum absolute atomic E-state index is 0.182. The molecule has 3 heteroatoms. The van der Waals surface area contributed by atoms with Crippen LogP contribution in [0.15, 0.2) is 43.0 Å². The molecule has 1 N–H and O–H groups in total. The van der Waals surface area contributed by atoms with Gasteiger partial charge in [0.2, 0.25) is 0 Å². The first-order chi connectivity index (χ1) is 8.36. The van der Waals surface area contributed by atoms with E-state index in [1.807, 2.05) is 31.7 Å². The number of nitrogens with one attached hydrogen (secondary N) is 1. The number of hydrogen-bond acceptors (Lipinski definition) is 3. The van der Waals surface area contributed by atoms with Gasteiger partial charge in [0.25, 0.3) is 0 Å². The Hall–Kier alpha value is -1.74. The van der Waals surface area contributed by atoms with Gasteiger partial charge in [-0.25, -0.2) is 0 Å². The molecule has 1 unspecified atom stereocenters. The van der Waals surface area contributed by atoms with Crippen LogP contribution in [0.1, 0.15) is 29.7 Å². The fourth-order valence-electron chi connectivity index (χ4n) is 2.06. The first kappa shape index (κ1) is 11.7. The third-order valence-electron chi connectivity index (χ3n) is 2.94. The highest BCUT2D eigenvalue weighted by Gasteiger charge is 2.14. The Morgan fingerprint density at radius 1 is 1.18 bits per heavy atom. The molecule has 2 rings (SSSR count). The molecule has 1 atom stereocenters. The predicted octanol–water partition coefficient (Wildman–Crippen LogP) is 2.35. The average molecular weight is 227 g/mol. The van der Waals surface area contributed by atoms with E-state index in [0.29, 0.717) is 0 Å². The van der Waals surface area contributed by atoms with Gasteiger partial charge in [0.05, 0.1) is 6.04 Å². The third kappa shape index (κ3) is 2.50. The molecule has 2 aromatic heterocycles. The fourth-order valence-corrected chi connectivity index (χ4v) is 2.06. The van der Waals surface area contributed by atoms with E-state index < -0.39 is 0 Å². The molecule has 2 aromatic rings. The molecule has 0 aliphatic carbocycles. The van der Waals surface area contributed by atoms with E-state index in [-0.39, 0.29) is 6.04 Å². The van der Waals surface area contributed by atoms with Crippen LogP contribution in [0.4, 0.5) is 0 Å². The second-order valence-electron chi connectivity index (χ2n) is 3.94. The van der Waals surface area contributed by atoms with Crippen molar-refractivity contribution in [3.63, 3.8) is 0 Å². The van der Waals surface area contributed by atoms with Crippen molar-refractivity contribution in [3.8, 4) is 0 Å². The lowest BCUT2D eigenvalue weighted by Gasteiger charge is -2.19. The van der Waals surface area contributed by atoms with Crippen LogP contribution in [0.2, 0.25) is 0 Å². The van der Waals surface area contributed by atoms with Gasteiger partial charge < -0.3 is 5.32 Å². The van der Waals surface area contributed by atoms with E-state index in [1.54, 1.807) is 6.20 Å². The van der Waals surface area contributed by atoms with Crippen LogP contribution < -0.4 is 5.32 Å². The number of hydrogen-bond donors (Lipinski definition) is 1. The number of pyridine rings is 2. The normalized spacial score (nSPS) is 12.4. The summed E-state index contributed by atoms with van der Waals surface area (Å²) in [6.07, 6.45) is 8.47. The van der Waals surface area contributed by atoms with Crippen molar-refractivity contribution in [2.24, 2.45) is 0 Å². The molecule has 0 aliphatic rings.